The topological polar surface area (TPSA) is 41.1 Å². The van der Waals surface area contributed by atoms with Gasteiger partial charge < -0.3 is 10.6 Å². The number of hydrogen-bond donors (Lipinski definition) is 2. The fourth-order valence-corrected chi connectivity index (χ4v) is 2.04. The lowest BCUT2D eigenvalue weighted by Gasteiger charge is -2.21. The molecule has 1 aliphatic rings. The van der Waals surface area contributed by atoms with E-state index in [4.69, 9.17) is 6.42 Å². The van der Waals surface area contributed by atoms with E-state index in [9.17, 15) is 4.79 Å². The molecule has 1 amide bonds. The number of rotatable bonds is 2. The highest BCUT2D eigenvalue weighted by atomic mass is 16.1. The number of anilines is 1. The van der Waals surface area contributed by atoms with Crippen LogP contribution in [0.5, 0.6) is 0 Å². The average molecular weight is 228 g/mol. The van der Waals surface area contributed by atoms with Gasteiger partial charge in [0, 0.05) is 17.8 Å². The zero-order chi connectivity index (χ0) is 12.3. The van der Waals surface area contributed by atoms with Crippen LogP contribution in [0.25, 0.3) is 0 Å². The first-order chi connectivity index (χ1) is 8.22. The van der Waals surface area contributed by atoms with Crippen LogP contribution in [0.4, 0.5) is 5.69 Å². The van der Waals surface area contributed by atoms with E-state index in [0.29, 0.717) is 0 Å². The Kier molecular flexibility index (Phi) is 3.34. The zero-order valence-electron chi connectivity index (χ0n) is 9.92. The maximum Gasteiger partial charge on any atom is 0.252 e. The second kappa shape index (κ2) is 4.92. The van der Waals surface area contributed by atoms with Gasteiger partial charge in [-0.2, -0.15) is 0 Å². The van der Waals surface area contributed by atoms with Gasteiger partial charge in [0.1, 0.15) is 0 Å². The molecule has 1 heterocycles. The summed E-state index contributed by atoms with van der Waals surface area (Å²) < 4.78 is 0. The molecule has 3 nitrogen and oxygen atoms in total. The van der Waals surface area contributed by atoms with Crippen molar-refractivity contribution in [1.82, 2.24) is 5.32 Å². The fourth-order valence-electron chi connectivity index (χ4n) is 2.04. The molecule has 1 aromatic rings. The second-order valence-corrected chi connectivity index (χ2v) is 4.22. The van der Waals surface area contributed by atoms with E-state index in [1.807, 2.05) is 18.2 Å². The number of amides is 1. The Morgan fingerprint density at radius 2 is 2.41 bits per heavy atom. The number of benzene rings is 1. The van der Waals surface area contributed by atoms with Crippen LogP contribution >= 0.6 is 0 Å². The van der Waals surface area contributed by atoms with Gasteiger partial charge in [0.2, 0.25) is 0 Å². The lowest BCUT2D eigenvalue weighted by Crippen LogP contribution is -2.32. The lowest BCUT2D eigenvalue weighted by atomic mass is 9.97. The van der Waals surface area contributed by atoms with Crippen molar-refractivity contribution >= 4 is 11.6 Å². The number of carbonyl (C=O) groups is 1. The molecule has 0 aliphatic carbocycles. The van der Waals surface area contributed by atoms with E-state index in [0.717, 1.165) is 36.2 Å². The first-order valence-corrected chi connectivity index (χ1v) is 5.85. The van der Waals surface area contributed by atoms with Crippen LogP contribution in [-0.4, -0.2) is 18.5 Å². The largest absolute Gasteiger partial charge is 0.385 e. The molecular weight excluding hydrogens is 212 g/mol. The summed E-state index contributed by atoms with van der Waals surface area (Å²) in [5, 5.41) is 6.10. The van der Waals surface area contributed by atoms with Crippen molar-refractivity contribution in [2.45, 2.75) is 25.8 Å². The van der Waals surface area contributed by atoms with E-state index < -0.39 is 0 Å². The maximum atomic E-state index is 12.1. The van der Waals surface area contributed by atoms with Crippen LogP contribution in [-0.2, 0) is 6.42 Å². The Labute approximate surface area is 102 Å². The molecule has 2 N–H and O–H groups in total. The standard InChI is InChI=1S/C14H16N2O/c1-3-10(2)16-14(17)12-6-4-8-13-11(12)7-5-9-15-13/h1,4,6,8,10,15H,5,7,9H2,2H3,(H,16,17). The average Bonchev–Trinajstić information content (AvgIpc) is 2.37. The van der Waals surface area contributed by atoms with Gasteiger partial charge in [-0.25, -0.2) is 0 Å². The quantitative estimate of drug-likeness (QED) is 0.758. The van der Waals surface area contributed by atoms with Crippen LogP contribution in [0.3, 0.4) is 0 Å². The molecule has 1 unspecified atom stereocenters. The van der Waals surface area contributed by atoms with Gasteiger partial charge in [-0.1, -0.05) is 12.0 Å². The van der Waals surface area contributed by atoms with Gasteiger partial charge in [0.05, 0.1) is 6.04 Å². The molecule has 1 aromatic carbocycles. The van der Waals surface area contributed by atoms with E-state index in [1.165, 1.54) is 0 Å². The van der Waals surface area contributed by atoms with Gasteiger partial charge in [0.25, 0.3) is 5.91 Å². The molecule has 3 heteroatoms. The Hall–Kier alpha value is -1.95. The number of nitrogens with one attached hydrogen (secondary N) is 2. The molecule has 1 atom stereocenters. The number of carbonyl (C=O) groups excluding carboxylic acids is 1. The highest BCUT2D eigenvalue weighted by Crippen LogP contribution is 2.25. The summed E-state index contributed by atoms with van der Waals surface area (Å²) in [6.07, 6.45) is 7.26. The van der Waals surface area contributed by atoms with Crippen LogP contribution < -0.4 is 10.6 Å². The monoisotopic (exact) mass is 228 g/mol. The van der Waals surface area contributed by atoms with Gasteiger partial charge in [-0.15, -0.1) is 6.42 Å². The first-order valence-electron chi connectivity index (χ1n) is 5.85. The van der Waals surface area contributed by atoms with E-state index >= 15 is 0 Å². The summed E-state index contributed by atoms with van der Waals surface area (Å²) >= 11 is 0. The number of hydrogen-bond acceptors (Lipinski definition) is 2. The molecule has 1 aliphatic heterocycles. The molecule has 88 valence electrons. The van der Waals surface area contributed by atoms with Crippen molar-refractivity contribution in [3.05, 3.63) is 29.3 Å². The summed E-state index contributed by atoms with van der Waals surface area (Å²) in [5.74, 6) is 2.41. The van der Waals surface area contributed by atoms with Crippen LogP contribution in [0.1, 0.15) is 29.3 Å². The third-order valence-corrected chi connectivity index (χ3v) is 2.94. The summed E-state index contributed by atoms with van der Waals surface area (Å²) in [6, 6.07) is 5.52. The van der Waals surface area contributed by atoms with Crippen LogP contribution in [0.2, 0.25) is 0 Å². The first kappa shape index (κ1) is 11.5. The summed E-state index contributed by atoms with van der Waals surface area (Å²) in [5.41, 5.74) is 2.90. The minimum absolute atomic E-state index is 0.0870. The molecule has 17 heavy (non-hydrogen) atoms. The molecular formula is C14H16N2O. The summed E-state index contributed by atoms with van der Waals surface area (Å²) in [7, 11) is 0. The molecule has 0 spiro atoms. The van der Waals surface area contributed by atoms with Crippen molar-refractivity contribution < 1.29 is 4.79 Å². The van der Waals surface area contributed by atoms with E-state index in [1.54, 1.807) is 6.92 Å². The smallest absolute Gasteiger partial charge is 0.252 e. The molecule has 2 rings (SSSR count). The van der Waals surface area contributed by atoms with Gasteiger partial charge in [-0.05, 0) is 37.5 Å². The molecule has 0 radical (unpaired) electrons. The van der Waals surface area contributed by atoms with Gasteiger partial charge >= 0.3 is 0 Å². The van der Waals surface area contributed by atoms with Gasteiger partial charge in [0.15, 0.2) is 0 Å². The zero-order valence-corrected chi connectivity index (χ0v) is 9.92. The molecule has 0 bridgehead atoms. The predicted molar refractivity (Wildman–Crippen MR) is 69.0 cm³/mol. The van der Waals surface area contributed by atoms with Crippen molar-refractivity contribution in [2.24, 2.45) is 0 Å². The molecule has 0 saturated carbocycles. The third-order valence-electron chi connectivity index (χ3n) is 2.94. The highest BCUT2D eigenvalue weighted by molar-refractivity contribution is 5.97. The second-order valence-electron chi connectivity index (χ2n) is 4.22. The lowest BCUT2D eigenvalue weighted by molar-refractivity contribution is 0.0947. The summed E-state index contributed by atoms with van der Waals surface area (Å²) in [6.45, 7) is 2.77. The van der Waals surface area contributed by atoms with Crippen molar-refractivity contribution in [3.8, 4) is 12.3 Å². The Bertz CT molecular complexity index is 474. The minimum atomic E-state index is -0.241. The third kappa shape index (κ3) is 2.42. The SMILES string of the molecule is C#CC(C)NC(=O)c1cccc2c1CCCN2. The highest BCUT2D eigenvalue weighted by Gasteiger charge is 2.17. The molecule has 0 fully saturated rings. The van der Waals surface area contributed by atoms with E-state index in [-0.39, 0.29) is 11.9 Å². The predicted octanol–water partition coefficient (Wildman–Crippen LogP) is 1.80. The normalized spacial score (nSPS) is 15.1. The van der Waals surface area contributed by atoms with Crippen LogP contribution in [0, 0.1) is 12.3 Å². The molecule has 0 saturated heterocycles. The number of fused-ring (bicyclic) bond motifs is 1. The fraction of sp³-hybridized carbons (Fsp3) is 0.357. The van der Waals surface area contributed by atoms with Crippen molar-refractivity contribution in [1.29, 1.82) is 0 Å². The Morgan fingerprint density at radius 3 is 3.18 bits per heavy atom. The summed E-state index contributed by atoms with van der Waals surface area (Å²) in [4.78, 5) is 12.1. The maximum absolute atomic E-state index is 12.1. The minimum Gasteiger partial charge on any atom is -0.385 e. The Balaban J connectivity index is 2.27. The number of terminal acetylenes is 1. The van der Waals surface area contributed by atoms with Gasteiger partial charge in [-0.3, -0.25) is 4.79 Å². The molecule has 0 aromatic heterocycles. The van der Waals surface area contributed by atoms with E-state index in [2.05, 4.69) is 16.6 Å². The Morgan fingerprint density at radius 1 is 1.59 bits per heavy atom. The van der Waals surface area contributed by atoms with Crippen molar-refractivity contribution in [2.75, 3.05) is 11.9 Å². The van der Waals surface area contributed by atoms with Crippen molar-refractivity contribution in [3.63, 3.8) is 0 Å². The van der Waals surface area contributed by atoms with Crippen LogP contribution in [0.15, 0.2) is 18.2 Å².